The van der Waals surface area contributed by atoms with Crippen LogP contribution in [0.15, 0.2) is 41.4 Å². The van der Waals surface area contributed by atoms with Gasteiger partial charge in [-0.05, 0) is 37.3 Å². The monoisotopic (exact) mass is 397 g/mol. The molecule has 0 saturated carbocycles. The zero-order valence-electron chi connectivity index (χ0n) is 17.9. The number of fused-ring (bicyclic) bond motifs is 1. The summed E-state index contributed by atoms with van der Waals surface area (Å²) in [5.74, 6) is 1.07. The van der Waals surface area contributed by atoms with Crippen molar-refractivity contribution in [3.05, 3.63) is 47.5 Å². The SMILES string of the molecule is C=C(C)CN1CCC(NC(=NC)NCCCC(=O)N2Cc3ccccc3C2)CC1. The molecule has 0 spiro atoms. The van der Waals surface area contributed by atoms with Crippen molar-refractivity contribution in [1.82, 2.24) is 20.4 Å². The molecule has 1 saturated heterocycles. The summed E-state index contributed by atoms with van der Waals surface area (Å²) in [4.78, 5) is 21.2. The van der Waals surface area contributed by atoms with Crippen molar-refractivity contribution < 1.29 is 4.79 Å². The van der Waals surface area contributed by atoms with Crippen LogP contribution in [0.1, 0.15) is 43.7 Å². The van der Waals surface area contributed by atoms with E-state index in [0.29, 0.717) is 12.5 Å². The summed E-state index contributed by atoms with van der Waals surface area (Å²) in [6.45, 7) is 11.5. The summed E-state index contributed by atoms with van der Waals surface area (Å²) in [5, 5.41) is 6.89. The molecule has 1 aromatic rings. The predicted octanol–water partition coefficient (Wildman–Crippen LogP) is 2.51. The third kappa shape index (κ3) is 6.32. The Bertz CT molecular complexity index is 712. The first-order valence-corrected chi connectivity index (χ1v) is 10.7. The number of piperidine rings is 1. The number of nitrogens with one attached hydrogen (secondary N) is 2. The Hall–Kier alpha value is -2.34. The number of carbonyl (C=O) groups excluding carboxylic acids is 1. The van der Waals surface area contributed by atoms with Gasteiger partial charge in [0.15, 0.2) is 5.96 Å². The van der Waals surface area contributed by atoms with Gasteiger partial charge in [-0.3, -0.25) is 14.7 Å². The van der Waals surface area contributed by atoms with Gasteiger partial charge in [0, 0.05) is 58.8 Å². The summed E-state index contributed by atoms with van der Waals surface area (Å²) < 4.78 is 0. The maximum Gasteiger partial charge on any atom is 0.223 e. The van der Waals surface area contributed by atoms with E-state index in [1.54, 1.807) is 7.05 Å². The Morgan fingerprint density at radius 1 is 1.21 bits per heavy atom. The van der Waals surface area contributed by atoms with E-state index >= 15 is 0 Å². The van der Waals surface area contributed by atoms with Crippen LogP contribution in [0, 0.1) is 0 Å². The zero-order valence-corrected chi connectivity index (χ0v) is 17.9. The number of benzene rings is 1. The van der Waals surface area contributed by atoms with Crippen LogP contribution in [-0.2, 0) is 17.9 Å². The van der Waals surface area contributed by atoms with Crippen LogP contribution >= 0.6 is 0 Å². The fourth-order valence-electron chi connectivity index (χ4n) is 4.12. The second-order valence-electron chi connectivity index (χ2n) is 8.27. The molecule has 1 aromatic carbocycles. The van der Waals surface area contributed by atoms with E-state index in [4.69, 9.17) is 0 Å². The smallest absolute Gasteiger partial charge is 0.223 e. The van der Waals surface area contributed by atoms with Gasteiger partial charge in [-0.15, -0.1) is 0 Å². The molecule has 29 heavy (non-hydrogen) atoms. The minimum atomic E-state index is 0.232. The molecular formula is C23H35N5O. The number of likely N-dealkylation sites (tertiary alicyclic amines) is 1. The molecule has 2 aliphatic rings. The van der Waals surface area contributed by atoms with Gasteiger partial charge in [0.1, 0.15) is 0 Å². The summed E-state index contributed by atoms with van der Waals surface area (Å²) >= 11 is 0. The number of rotatable bonds is 7. The fourth-order valence-corrected chi connectivity index (χ4v) is 4.12. The topological polar surface area (TPSA) is 60.0 Å². The molecule has 1 amide bonds. The van der Waals surface area contributed by atoms with Crippen molar-refractivity contribution >= 4 is 11.9 Å². The normalized spacial score (nSPS) is 17.9. The van der Waals surface area contributed by atoms with Crippen molar-refractivity contribution in [2.45, 2.75) is 51.7 Å². The van der Waals surface area contributed by atoms with Crippen molar-refractivity contribution in [3.63, 3.8) is 0 Å². The highest BCUT2D eigenvalue weighted by molar-refractivity contribution is 5.80. The maximum absolute atomic E-state index is 12.5. The predicted molar refractivity (Wildman–Crippen MR) is 119 cm³/mol. The molecular weight excluding hydrogens is 362 g/mol. The Labute approximate surface area is 175 Å². The first-order chi connectivity index (χ1) is 14.0. The van der Waals surface area contributed by atoms with Crippen molar-refractivity contribution in [2.75, 3.05) is 33.2 Å². The molecule has 6 heteroatoms. The number of nitrogens with zero attached hydrogens (tertiary/aromatic N) is 3. The number of hydrogen-bond acceptors (Lipinski definition) is 3. The fraction of sp³-hybridized carbons (Fsp3) is 0.565. The van der Waals surface area contributed by atoms with E-state index in [2.05, 4.69) is 46.2 Å². The van der Waals surface area contributed by atoms with Crippen molar-refractivity contribution in [3.8, 4) is 0 Å². The van der Waals surface area contributed by atoms with E-state index in [-0.39, 0.29) is 5.91 Å². The minimum Gasteiger partial charge on any atom is -0.356 e. The third-order valence-electron chi connectivity index (χ3n) is 5.70. The molecule has 0 aromatic heterocycles. The van der Waals surface area contributed by atoms with E-state index in [0.717, 1.165) is 64.5 Å². The van der Waals surface area contributed by atoms with E-state index in [1.807, 2.05) is 17.0 Å². The molecule has 3 rings (SSSR count). The van der Waals surface area contributed by atoms with Crippen LogP contribution in [0.4, 0.5) is 0 Å². The van der Waals surface area contributed by atoms with Gasteiger partial charge in [0.05, 0.1) is 0 Å². The maximum atomic E-state index is 12.5. The van der Waals surface area contributed by atoms with Crippen LogP contribution in [0.5, 0.6) is 0 Å². The summed E-state index contributed by atoms with van der Waals surface area (Å²) in [6, 6.07) is 8.76. The van der Waals surface area contributed by atoms with Crippen LogP contribution in [0.25, 0.3) is 0 Å². The molecule has 2 aliphatic heterocycles. The summed E-state index contributed by atoms with van der Waals surface area (Å²) in [6.07, 6.45) is 3.60. The standard InChI is InChI=1S/C23H35N5O/c1-18(2)15-27-13-10-21(11-14-27)26-23(24-3)25-12-6-9-22(29)28-16-19-7-4-5-8-20(19)17-28/h4-5,7-8,21H,1,6,9-17H2,2-3H3,(H2,24,25,26). The van der Waals surface area contributed by atoms with Crippen molar-refractivity contribution in [2.24, 2.45) is 4.99 Å². The molecule has 1 fully saturated rings. The van der Waals surface area contributed by atoms with Crippen molar-refractivity contribution in [1.29, 1.82) is 0 Å². The van der Waals surface area contributed by atoms with Gasteiger partial charge in [0.25, 0.3) is 0 Å². The molecule has 0 radical (unpaired) electrons. The highest BCUT2D eigenvalue weighted by atomic mass is 16.2. The molecule has 0 aliphatic carbocycles. The van der Waals surface area contributed by atoms with E-state index in [1.165, 1.54) is 16.7 Å². The van der Waals surface area contributed by atoms with Gasteiger partial charge in [-0.25, -0.2) is 0 Å². The Kier molecular flexibility index (Phi) is 7.69. The molecule has 6 nitrogen and oxygen atoms in total. The van der Waals surface area contributed by atoms with Crippen LogP contribution < -0.4 is 10.6 Å². The first kappa shape index (κ1) is 21.4. The largest absolute Gasteiger partial charge is 0.356 e. The molecule has 2 heterocycles. The summed E-state index contributed by atoms with van der Waals surface area (Å²) in [5.41, 5.74) is 3.77. The lowest BCUT2D eigenvalue weighted by molar-refractivity contribution is -0.131. The Morgan fingerprint density at radius 2 is 1.86 bits per heavy atom. The van der Waals surface area contributed by atoms with E-state index in [9.17, 15) is 4.79 Å². The lowest BCUT2D eigenvalue weighted by Gasteiger charge is -2.33. The zero-order chi connectivity index (χ0) is 20.6. The highest BCUT2D eigenvalue weighted by Crippen LogP contribution is 2.22. The average Bonchev–Trinajstić information content (AvgIpc) is 3.15. The minimum absolute atomic E-state index is 0.232. The lowest BCUT2D eigenvalue weighted by Crippen LogP contribution is -2.49. The number of aliphatic imine (C=N–C) groups is 1. The first-order valence-electron chi connectivity index (χ1n) is 10.7. The van der Waals surface area contributed by atoms with Gasteiger partial charge < -0.3 is 15.5 Å². The van der Waals surface area contributed by atoms with Crippen LogP contribution in [-0.4, -0.2) is 60.9 Å². The quantitative estimate of drug-likeness (QED) is 0.321. The number of amides is 1. The Morgan fingerprint density at radius 3 is 2.45 bits per heavy atom. The number of guanidine groups is 1. The molecule has 158 valence electrons. The summed E-state index contributed by atoms with van der Waals surface area (Å²) in [7, 11) is 1.80. The van der Waals surface area contributed by atoms with Crippen LogP contribution in [0.3, 0.4) is 0 Å². The van der Waals surface area contributed by atoms with Crippen LogP contribution in [0.2, 0.25) is 0 Å². The van der Waals surface area contributed by atoms with Gasteiger partial charge >= 0.3 is 0 Å². The van der Waals surface area contributed by atoms with E-state index < -0.39 is 0 Å². The second kappa shape index (κ2) is 10.4. The molecule has 0 bridgehead atoms. The van der Waals surface area contributed by atoms with Gasteiger partial charge in [-0.2, -0.15) is 0 Å². The van der Waals surface area contributed by atoms with Gasteiger partial charge in [-0.1, -0.05) is 36.4 Å². The molecule has 0 unspecified atom stereocenters. The Balaban J connectivity index is 1.31. The number of hydrogen-bond donors (Lipinski definition) is 2. The second-order valence-corrected chi connectivity index (χ2v) is 8.27. The molecule has 2 N–H and O–H groups in total. The van der Waals surface area contributed by atoms with Gasteiger partial charge in [0.2, 0.25) is 5.91 Å². The lowest BCUT2D eigenvalue weighted by atomic mass is 10.0. The molecule has 0 atom stereocenters. The number of carbonyl (C=O) groups is 1. The average molecular weight is 398 g/mol. The third-order valence-corrected chi connectivity index (χ3v) is 5.70. The highest BCUT2D eigenvalue weighted by Gasteiger charge is 2.22.